The maximum Gasteiger partial charge on any atom is 0.303 e. The van der Waals surface area contributed by atoms with Crippen molar-refractivity contribution < 1.29 is 19.7 Å². The lowest BCUT2D eigenvalue weighted by Gasteiger charge is -2.06. The van der Waals surface area contributed by atoms with E-state index in [1.807, 2.05) is 0 Å². The molecule has 1 aromatic rings. The molecule has 0 bridgehead atoms. The quantitative estimate of drug-likeness (QED) is 0.793. The van der Waals surface area contributed by atoms with Gasteiger partial charge in [-0.25, -0.2) is 0 Å². The summed E-state index contributed by atoms with van der Waals surface area (Å²) in [5.74, 6) is 0.231. The highest BCUT2D eigenvalue weighted by Gasteiger charge is 2.24. The molecule has 0 fully saturated rings. The van der Waals surface area contributed by atoms with Gasteiger partial charge in [0.2, 0.25) is 0 Å². The van der Waals surface area contributed by atoms with Crippen molar-refractivity contribution in [1.29, 1.82) is 0 Å². The van der Waals surface area contributed by atoms with Gasteiger partial charge in [0.25, 0.3) is 0 Å². The largest absolute Gasteiger partial charge is 0.508 e. The maximum absolute atomic E-state index is 10.4. The summed E-state index contributed by atoms with van der Waals surface area (Å²) in [7, 11) is 0. The summed E-state index contributed by atoms with van der Waals surface area (Å²) >= 11 is 0. The number of aromatic hydroxyl groups is 1. The third kappa shape index (κ3) is 2.03. The van der Waals surface area contributed by atoms with Crippen LogP contribution in [0, 0.1) is 0 Å². The second-order valence-corrected chi connectivity index (χ2v) is 3.66. The van der Waals surface area contributed by atoms with Gasteiger partial charge in [0.05, 0.1) is 6.61 Å². The Balaban J connectivity index is 2.13. The zero-order valence-corrected chi connectivity index (χ0v) is 8.14. The van der Waals surface area contributed by atoms with Gasteiger partial charge in [-0.2, -0.15) is 0 Å². The lowest BCUT2D eigenvalue weighted by Crippen LogP contribution is -2.04. The van der Waals surface area contributed by atoms with Crippen LogP contribution in [-0.4, -0.2) is 22.8 Å². The summed E-state index contributed by atoms with van der Waals surface area (Å²) in [6, 6.07) is 4.93. The molecule has 0 saturated heterocycles. The van der Waals surface area contributed by atoms with E-state index >= 15 is 0 Å². The molecule has 4 heteroatoms. The van der Waals surface area contributed by atoms with Crippen molar-refractivity contribution in [3.63, 3.8) is 0 Å². The fourth-order valence-electron chi connectivity index (χ4n) is 1.80. The first-order valence-corrected chi connectivity index (χ1v) is 4.84. The monoisotopic (exact) mass is 208 g/mol. The third-order valence-corrected chi connectivity index (χ3v) is 2.58. The second kappa shape index (κ2) is 3.81. The van der Waals surface area contributed by atoms with Crippen molar-refractivity contribution in [1.82, 2.24) is 0 Å². The molecule has 15 heavy (non-hydrogen) atoms. The summed E-state index contributed by atoms with van der Waals surface area (Å²) in [6.07, 6.45) is 0.676. The van der Waals surface area contributed by atoms with E-state index in [-0.39, 0.29) is 18.1 Å². The normalized spacial score (nSPS) is 18.3. The maximum atomic E-state index is 10.4. The summed E-state index contributed by atoms with van der Waals surface area (Å²) in [6.45, 7) is 0.506. The molecule has 4 nitrogen and oxygen atoms in total. The molecule has 0 spiro atoms. The van der Waals surface area contributed by atoms with E-state index in [2.05, 4.69) is 0 Å². The number of fused-ring (bicyclic) bond motifs is 1. The van der Waals surface area contributed by atoms with Gasteiger partial charge in [-0.3, -0.25) is 4.79 Å². The second-order valence-electron chi connectivity index (χ2n) is 3.66. The van der Waals surface area contributed by atoms with Crippen molar-refractivity contribution in [3.05, 3.63) is 23.8 Å². The number of rotatable bonds is 3. The SMILES string of the molecule is O=C(O)CCC1COc2ccc(O)cc21. The number of hydrogen-bond donors (Lipinski definition) is 2. The van der Waals surface area contributed by atoms with Crippen LogP contribution in [0.1, 0.15) is 24.3 Å². The fourth-order valence-corrected chi connectivity index (χ4v) is 1.80. The molecular weight excluding hydrogens is 196 g/mol. The van der Waals surface area contributed by atoms with Crippen molar-refractivity contribution in [3.8, 4) is 11.5 Å². The number of aliphatic carboxylic acids is 1. The predicted molar refractivity (Wildman–Crippen MR) is 53.2 cm³/mol. The van der Waals surface area contributed by atoms with Crippen LogP contribution in [0.15, 0.2) is 18.2 Å². The molecule has 80 valence electrons. The molecule has 0 radical (unpaired) electrons. The Hall–Kier alpha value is -1.71. The number of carboxylic acid groups (broad SMARTS) is 1. The van der Waals surface area contributed by atoms with Crippen LogP contribution >= 0.6 is 0 Å². The van der Waals surface area contributed by atoms with Crippen LogP contribution < -0.4 is 4.74 Å². The van der Waals surface area contributed by atoms with Crippen molar-refractivity contribution in [2.75, 3.05) is 6.61 Å². The van der Waals surface area contributed by atoms with Gasteiger partial charge in [0, 0.05) is 17.9 Å². The minimum Gasteiger partial charge on any atom is -0.508 e. The van der Waals surface area contributed by atoms with Gasteiger partial charge in [0.1, 0.15) is 11.5 Å². The summed E-state index contributed by atoms with van der Waals surface area (Å²) < 4.78 is 5.39. The lowest BCUT2D eigenvalue weighted by atomic mass is 9.96. The fraction of sp³-hybridized carbons (Fsp3) is 0.364. The van der Waals surface area contributed by atoms with Crippen molar-refractivity contribution in [2.24, 2.45) is 0 Å². The van der Waals surface area contributed by atoms with E-state index in [0.29, 0.717) is 13.0 Å². The first kappa shape index (κ1) is 9.83. The van der Waals surface area contributed by atoms with Crippen LogP contribution in [0.25, 0.3) is 0 Å². The van der Waals surface area contributed by atoms with E-state index in [1.165, 1.54) is 0 Å². The topological polar surface area (TPSA) is 66.8 Å². The third-order valence-electron chi connectivity index (χ3n) is 2.58. The van der Waals surface area contributed by atoms with Gasteiger partial charge in [-0.15, -0.1) is 0 Å². The van der Waals surface area contributed by atoms with Gasteiger partial charge < -0.3 is 14.9 Å². The molecule has 0 aliphatic carbocycles. The average molecular weight is 208 g/mol. The van der Waals surface area contributed by atoms with E-state index in [1.54, 1.807) is 18.2 Å². The molecule has 1 aliphatic rings. The van der Waals surface area contributed by atoms with E-state index < -0.39 is 5.97 Å². The highest BCUT2D eigenvalue weighted by molar-refractivity contribution is 5.66. The van der Waals surface area contributed by atoms with Crippen molar-refractivity contribution in [2.45, 2.75) is 18.8 Å². The molecule has 0 amide bonds. The Morgan fingerprint density at radius 2 is 2.33 bits per heavy atom. The van der Waals surface area contributed by atoms with E-state index in [0.717, 1.165) is 11.3 Å². The summed E-state index contributed by atoms with van der Waals surface area (Å²) in [5, 5.41) is 17.9. The molecular formula is C11H12O4. The predicted octanol–water partition coefficient (Wildman–Crippen LogP) is 1.73. The van der Waals surface area contributed by atoms with Crippen LogP contribution in [0.3, 0.4) is 0 Å². The van der Waals surface area contributed by atoms with Crippen molar-refractivity contribution >= 4 is 5.97 Å². The Bertz CT molecular complexity index is 386. The highest BCUT2D eigenvalue weighted by Crippen LogP contribution is 2.38. The molecule has 1 aromatic carbocycles. The Morgan fingerprint density at radius 3 is 3.07 bits per heavy atom. The minimum absolute atomic E-state index is 0.0863. The number of carbonyl (C=O) groups is 1. The van der Waals surface area contributed by atoms with Crippen LogP contribution in [0.2, 0.25) is 0 Å². The van der Waals surface area contributed by atoms with Crippen LogP contribution in [0.5, 0.6) is 11.5 Å². The average Bonchev–Trinajstić information content (AvgIpc) is 2.57. The molecule has 2 N–H and O–H groups in total. The molecule has 2 rings (SSSR count). The van der Waals surface area contributed by atoms with Gasteiger partial charge >= 0.3 is 5.97 Å². The number of benzene rings is 1. The van der Waals surface area contributed by atoms with Crippen LogP contribution in [0.4, 0.5) is 0 Å². The highest BCUT2D eigenvalue weighted by atomic mass is 16.5. The minimum atomic E-state index is -0.802. The molecule has 0 aromatic heterocycles. The van der Waals surface area contributed by atoms with Crippen LogP contribution in [-0.2, 0) is 4.79 Å². The number of phenols is 1. The number of carboxylic acids is 1. The first-order chi connectivity index (χ1) is 7.16. The molecule has 1 atom stereocenters. The van der Waals surface area contributed by atoms with E-state index in [4.69, 9.17) is 9.84 Å². The zero-order valence-electron chi connectivity index (χ0n) is 8.14. The number of ether oxygens (including phenoxy) is 1. The Kier molecular flexibility index (Phi) is 2.49. The van der Waals surface area contributed by atoms with E-state index in [9.17, 15) is 9.90 Å². The van der Waals surface area contributed by atoms with Gasteiger partial charge in [-0.1, -0.05) is 0 Å². The lowest BCUT2D eigenvalue weighted by molar-refractivity contribution is -0.137. The molecule has 1 heterocycles. The summed E-state index contributed by atoms with van der Waals surface area (Å²) in [4.78, 5) is 10.4. The zero-order chi connectivity index (χ0) is 10.8. The Labute approximate surface area is 87.1 Å². The first-order valence-electron chi connectivity index (χ1n) is 4.84. The smallest absolute Gasteiger partial charge is 0.303 e. The Morgan fingerprint density at radius 1 is 1.53 bits per heavy atom. The molecule has 1 aliphatic heterocycles. The molecule has 1 unspecified atom stereocenters. The standard InChI is InChI=1S/C11H12O4/c12-8-2-3-10-9(5-8)7(6-15-10)1-4-11(13)14/h2-3,5,7,12H,1,4,6H2,(H,13,14). The summed E-state index contributed by atoms with van der Waals surface area (Å²) in [5.41, 5.74) is 0.913. The number of phenolic OH excluding ortho intramolecular Hbond substituents is 1. The molecule has 0 saturated carbocycles. The number of hydrogen-bond acceptors (Lipinski definition) is 3. The van der Waals surface area contributed by atoms with Gasteiger partial charge in [-0.05, 0) is 24.6 Å². The van der Waals surface area contributed by atoms with Gasteiger partial charge in [0.15, 0.2) is 0 Å².